The van der Waals surface area contributed by atoms with Gasteiger partial charge in [-0.25, -0.2) is 0 Å². The molecule has 0 bridgehead atoms. The number of rotatable bonds is 5. The molecule has 23 heavy (non-hydrogen) atoms. The minimum Gasteiger partial charge on any atom is -0.340 e. The largest absolute Gasteiger partial charge is 0.340 e. The quantitative estimate of drug-likeness (QED) is 0.666. The molecule has 0 radical (unpaired) electrons. The Labute approximate surface area is 136 Å². The molecular formula is C17H22N4O2. The van der Waals surface area contributed by atoms with E-state index in [9.17, 15) is 9.59 Å². The number of hydrogen-bond donors (Lipinski definition) is 1. The zero-order chi connectivity index (χ0) is 16.7. The molecule has 0 aliphatic heterocycles. The predicted molar refractivity (Wildman–Crippen MR) is 85.1 cm³/mol. The molecule has 122 valence electrons. The van der Waals surface area contributed by atoms with Gasteiger partial charge in [0.25, 0.3) is 11.8 Å². The molecule has 1 aliphatic carbocycles. The minimum atomic E-state index is -0.671. The third-order valence-corrected chi connectivity index (χ3v) is 4.30. The highest BCUT2D eigenvalue weighted by molar-refractivity contribution is 5.97. The first-order chi connectivity index (χ1) is 11.1. The molecule has 1 aliphatic rings. The van der Waals surface area contributed by atoms with Crippen molar-refractivity contribution < 1.29 is 9.59 Å². The molecule has 1 N–H and O–H groups in total. The topological polar surface area (TPSA) is 86.1 Å². The number of nitrogens with one attached hydrogen (secondary N) is 1. The van der Waals surface area contributed by atoms with Crippen LogP contribution in [0.15, 0.2) is 24.5 Å². The number of nitrogens with zero attached hydrogens (tertiary/aromatic N) is 3. The number of amides is 2. The second-order valence-electron chi connectivity index (χ2n) is 6.00. The summed E-state index contributed by atoms with van der Waals surface area (Å²) in [6.07, 6.45) is 11.1. The molecule has 1 saturated carbocycles. The summed E-state index contributed by atoms with van der Waals surface area (Å²) >= 11 is 0. The van der Waals surface area contributed by atoms with Gasteiger partial charge in [-0.2, -0.15) is 5.26 Å². The van der Waals surface area contributed by atoms with Gasteiger partial charge in [0, 0.05) is 19.4 Å². The molecule has 0 saturated heterocycles. The zero-order valence-corrected chi connectivity index (χ0v) is 13.4. The number of carbonyl (C=O) groups excluding carboxylic acids is 2. The van der Waals surface area contributed by atoms with Crippen molar-refractivity contribution in [1.82, 2.24) is 15.2 Å². The Morgan fingerprint density at radius 1 is 1.43 bits per heavy atom. The molecule has 2 rings (SSSR count). The van der Waals surface area contributed by atoms with Gasteiger partial charge in [-0.15, -0.1) is 0 Å². The van der Waals surface area contributed by atoms with Crippen molar-refractivity contribution >= 4 is 11.8 Å². The first-order valence-electron chi connectivity index (χ1n) is 8.00. The van der Waals surface area contributed by atoms with Gasteiger partial charge in [-0.1, -0.05) is 32.1 Å². The summed E-state index contributed by atoms with van der Waals surface area (Å²) in [5.74, 6) is -0.284. The Morgan fingerprint density at radius 3 is 2.78 bits per heavy atom. The van der Waals surface area contributed by atoms with Crippen LogP contribution in [0.2, 0.25) is 0 Å². The second kappa shape index (κ2) is 8.28. The molecule has 1 aromatic rings. The number of pyridine rings is 1. The maximum absolute atomic E-state index is 12.4. The van der Waals surface area contributed by atoms with Crippen molar-refractivity contribution in [2.24, 2.45) is 5.92 Å². The normalized spacial score (nSPS) is 16.2. The minimum absolute atomic E-state index is 0.335. The van der Waals surface area contributed by atoms with E-state index in [1.165, 1.54) is 19.7 Å². The van der Waals surface area contributed by atoms with Crippen molar-refractivity contribution in [2.75, 3.05) is 7.05 Å². The highest BCUT2D eigenvalue weighted by atomic mass is 16.2. The number of likely N-dealkylation sites (N-methyl/N-ethyl adjacent to an activating group) is 1. The fourth-order valence-corrected chi connectivity index (χ4v) is 3.00. The van der Waals surface area contributed by atoms with Crippen molar-refractivity contribution in [3.63, 3.8) is 0 Å². The summed E-state index contributed by atoms with van der Waals surface area (Å²) in [4.78, 5) is 29.6. The smallest absolute Gasteiger partial charge is 0.257 e. The SMILES string of the molecule is CN(C#N)C(=O)[C@H](CC1CCCCC1)NC(=O)c1cccnc1. The third kappa shape index (κ3) is 4.78. The van der Waals surface area contributed by atoms with Crippen molar-refractivity contribution in [2.45, 2.75) is 44.6 Å². The van der Waals surface area contributed by atoms with Crippen LogP contribution in [0.4, 0.5) is 0 Å². The van der Waals surface area contributed by atoms with Crippen LogP contribution in [0.5, 0.6) is 0 Å². The van der Waals surface area contributed by atoms with Crippen molar-refractivity contribution in [1.29, 1.82) is 5.26 Å². The molecular weight excluding hydrogens is 292 g/mol. The Hall–Kier alpha value is -2.42. The molecule has 1 atom stereocenters. The summed E-state index contributed by atoms with van der Waals surface area (Å²) in [5, 5.41) is 11.7. The zero-order valence-electron chi connectivity index (χ0n) is 13.4. The van der Waals surface area contributed by atoms with Crippen LogP contribution in [0, 0.1) is 17.4 Å². The standard InChI is InChI=1S/C17H22N4O2/c1-21(12-18)17(23)15(10-13-6-3-2-4-7-13)20-16(22)14-8-5-9-19-11-14/h5,8-9,11,13,15H,2-4,6-7,10H2,1H3,(H,20,22)/t15-/m0/s1. The number of aromatic nitrogens is 1. The molecule has 1 fully saturated rings. The number of carbonyl (C=O) groups is 2. The van der Waals surface area contributed by atoms with E-state index in [0.29, 0.717) is 17.9 Å². The Kier molecular flexibility index (Phi) is 6.10. The van der Waals surface area contributed by atoms with Gasteiger partial charge in [-0.3, -0.25) is 19.5 Å². The average Bonchev–Trinajstić information content (AvgIpc) is 2.61. The van der Waals surface area contributed by atoms with E-state index in [-0.39, 0.29) is 11.8 Å². The highest BCUT2D eigenvalue weighted by Gasteiger charge is 2.28. The fourth-order valence-electron chi connectivity index (χ4n) is 3.00. The van der Waals surface area contributed by atoms with Gasteiger partial charge < -0.3 is 5.32 Å². The van der Waals surface area contributed by atoms with Gasteiger partial charge in [0.05, 0.1) is 5.56 Å². The monoisotopic (exact) mass is 314 g/mol. The van der Waals surface area contributed by atoms with Crippen LogP contribution in [0.1, 0.15) is 48.9 Å². The molecule has 0 spiro atoms. The fraction of sp³-hybridized carbons (Fsp3) is 0.529. The van der Waals surface area contributed by atoms with Gasteiger partial charge in [0.1, 0.15) is 6.04 Å². The first-order valence-corrected chi connectivity index (χ1v) is 8.00. The highest BCUT2D eigenvalue weighted by Crippen LogP contribution is 2.27. The van der Waals surface area contributed by atoms with Gasteiger partial charge >= 0.3 is 0 Å². The molecule has 1 heterocycles. The van der Waals surface area contributed by atoms with E-state index >= 15 is 0 Å². The van der Waals surface area contributed by atoms with E-state index in [4.69, 9.17) is 5.26 Å². The first kappa shape index (κ1) is 16.9. The lowest BCUT2D eigenvalue weighted by molar-refractivity contribution is -0.129. The molecule has 1 aromatic heterocycles. The van der Waals surface area contributed by atoms with Gasteiger partial charge in [0.2, 0.25) is 0 Å². The van der Waals surface area contributed by atoms with E-state index in [1.807, 2.05) is 6.19 Å². The van der Waals surface area contributed by atoms with Crippen LogP contribution in [-0.2, 0) is 4.79 Å². The summed E-state index contributed by atoms with van der Waals surface area (Å²) in [6, 6.07) is 2.66. The third-order valence-electron chi connectivity index (χ3n) is 4.30. The van der Waals surface area contributed by atoms with Crippen LogP contribution >= 0.6 is 0 Å². The Balaban J connectivity index is 2.07. The summed E-state index contributed by atoms with van der Waals surface area (Å²) in [7, 11) is 1.42. The van der Waals surface area contributed by atoms with E-state index in [1.54, 1.807) is 18.3 Å². The van der Waals surface area contributed by atoms with Crippen molar-refractivity contribution in [3.05, 3.63) is 30.1 Å². The second-order valence-corrected chi connectivity index (χ2v) is 6.00. The maximum Gasteiger partial charge on any atom is 0.257 e. The van der Waals surface area contributed by atoms with Crippen molar-refractivity contribution in [3.8, 4) is 6.19 Å². The molecule has 0 unspecified atom stereocenters. The number of hydrogen-bond acceptors (Lipinski definition) is 4. The van der Waals surface area contributed by atoms with Gasteiger partial charge in [0.15, 0.2) is 6.19 Å². The number of nitriles is 1. The molecule has 0 aromatic carbocycles. The summed E-state index contributed by atoms with van der Waals surface area (Å²) in [5.41, 5.74) is 0.411. The average molecular weight is 314 g/mol. The predicted octanol–water partition coefficient (Wildman–Crippen LogP) is 2.09. The molecule has 2 amide bonds. The van der Waals surface area contributed by atoms with E-state index < -0.39 is 6.04 Å². The van der Waals surface area contributed by atoms with Crippen LogP contribution < -0.4 is 5.32 Å². The lowest BCUT2D eigenvalue weighted by Crippen LogP contribution is -2.47. The van der Waals surface area contributed by atoms with Crippen LogP contribution in [0.3, 0.4) is 0 Å². The molecule has 6 heteroatoms. The van der Waals surface area contributed by atoms with Crippen LogP contribution in [-0.4, -0.2) is 34.8 Å². The van der Waals surface area contributed by atoms with E-state index in [2.05, 4.69) is 10.3 Å². The van der Waals surface area contributed by atoms with Gasteiger partial charge in [-0.05, 0) is 24.5 Å². The lowest BCUT2D eigenvalue weighted by atomic mass is 9.84. The van der Waals surface area contributed by atoms with E-state index in [0.717, 1.165) is 30.6 Å². The summed E-state index contributed by atoms with van der Waals surface area (Å²) in [6.45, 7) is 0. The Bertz CT molecular complexity index is 576. The van der Waals surface area contributed by atoms with Crippen LogP contribution in [0.25, 0.3) is 0 Å². The summed E-state index contributed by atoms with van der Waals surface area (Å²) < 4.78 is 0. The maximum atomic E-state index is 12.4. The lowest BCUT2D eigenvalue weighted by Gasteiger charge is -2.27. The Morgan fingerprint density at radius 2 is 2.17 bits per heavy atom. The molecule has 6 nitrogen and oxygen atoms in total.